The number of phenols is 1. The Labute approximate surface area is 138 Å². The number of hydrogen-bond acceptors (Lipinski definition) is 4. The maximum absolute atomic E-state index is 11.4. The van der Waals surface area contributed by atoms with E-state index in [-0.39, 0.29) is 17.6 Å². The van der Waals surface area contributed by atoms with Crippen LogP contribution in [0.5, 0.6) is 5.75 Å². The van der Waals surface area contributed by atoms with Gasteiger partial charge in [0.15, 0.2) is 0 Å². The molecule has 0 spiro atoms. The van der Waals surface area contributed by atoms with E-state index in [9.17, 15) is 9.90 Å². The van der Waals surface area contributed by atoms with Crippen LogP contribution in [-0.4, -0.2) is 26.7 Å². The lowest BCUT2D eigenvalue weighted by Gasteiger charge is -2.18. The zero-order chi connectivity index (χ0) is 16.7. The number of carbonyl (C=O) groups excluding carboxylic acids is 1. The SMILES string of the molecule is CC1CC(=O)NN=C1c1ccc2nc(-c3ccc(O)cc3)[nH]c2c1. The Bertz CT molecular complexity index is 957. The summed E-state index contributed by atoms with van der Waals surface area (Å²) in [5.74, 6) is 0.997. The van der Waals surface area contributed by atoms with Gasteiger partial charge >= 0.3 is 0 Å². The molecule has 24 heavy (non-hydrogen) atoms. The van der Waals surface area contributed by atoms with Crippen LogP contribution in [-0.2, 0) is 4.79 Å². The Kier molecular flexibility index (Phi) is 3.30. The van der Waals surface area contributed by atoms with E-state index < -0.39 is 0 Å². The zero-order valence-corrected chi connectivity index (χ0v) is 13.1. The molecule has 3 aromatic rings. The lowest BCUT2D eigenvalue weighted by molar-refractivity contribution is -0.121. The number of hydrazone groups is 1. The molecule has 2 aromatic carbocycles. The first-order valence-electron chi connectivity index (χ1n) is 7.76. The second-order valence-corrected chi connectivity index (χ2v) is 6.00. The van der Waals surface area contributed by atoms with Crippen molar-refractivity contribution in [2.75, 3.05) is 0 Å². The molecular formula is C18H16N4O2. The standard InChI is InChI=1S/C18H16N4O2/c1-10-8-16(24)21-22-17(10)12-4-7-14-15(9-12)20-18(19-14)11-2-5-13(23)6-3-11/h2-7,9-10,23H,8H2,1H3,(H,19,20)(H,21,24). The van der Waals surface area contributed by atoms with Crippen molar-refractivity contribution in [2.45, 2.75) is 13.3 Å². The van der Waals surface area contributed by atoms with Gasteiger partial charge in [0, 0.05) is 23.5 Å². The van der Waals surface area contributed by atoms with Crippen molar-refractivity contribution in [3.8, 4) is 17.1 Å². The van der Waals surface area contributed by atoms with E-state index in [1.807, 2.05) is 37.3 Å². The van der Waals surface area contributed by atoms with E-state index in [1.54, 1.807) is 12.1 Å². The van der Waals surface area contributed by atoms with Gasteiger partial charge in [-0.3, -0.25) is 4.79 Å². The van der Waals surface area contributed by atoms with Gasteiger partial charge in [-0.1, -0.05) is 13.0 Å². The molecule has 0 fully saturated rings. The number of fused-ring (bicyclic) bond motifs is 1. The molecule has 1 atom stereocenters. The molecule has 2 heterocycles. The highest BCUT2D eigenvalue weighted by atomic mass is 16.3. The fourth-order valence-corrected chi connectivity index (χ4v) is 2.93. The Morgan fingerprint density at radius 2 is 1.88 bits per heavy atom. The van der Waals surface area contributed by atoms with Crippen molar-refractivity contribution in [3.63, 3.8) is 0 Å². The second-order valence-electron chi connectivity index (χ2n) is 6.00. The summed E-state index contributed by atoms with van der Waals surface area (Å²) in [5, 5.41) is 13.6. The summed E-state index contributed by atoms with van der Waals surface area (Å²) in [6.45, 7) is 2.00. The molecule has 1 aliphatic heterocycles. The minimum Gasteiger partial charge on any atom is -0.508 e. The van der Waals surface area contributed by atoms with Crippen LogP contribution in [0, 0.1) is 5.92 Å². The molecule has 0 radical (unpaired) electrons. The third-order valence-corrected chi connectivity index (χ3v) is 4.18. The third-order valence-electron chi connectivity index (χ3n) is 4.18. The summed E-state index contributed by atoms with van der Waals surface area (Å²) in [6, 6.07) is 12.8. The number of H-pyrrole nitrogens is 1. The van der Waals surface area contributed by atoms with Crippen LogP contribution in [0.15, 0.2) is 47.6 Å². The second kappa shape index (κ2) is 5.49. The summed E-state index contributed by atoms with van der Waals surface area (Å²) in [6.07, 6.45) is 0.443. The predicted molar refractivity (Wildman–Crippen MR) is 91.7 cm³/mol. The van der Waals surface area contributed by atoms with Crippen molar-refractivity contribution in [3.05, 3.63) is 48.0 Å². The Hall–Kier alpha value is -3.15. The van der Waals surface area contributed by atoms with Gasteiger partial charge in [0.1, 0.15) is 11.6 Å². The van der Waals surface area contributed by atoms with Crippen molar-refractivity contribution in [1.29, 1.82) is 0 Å². The molecule has 1 unspecified atom stereocenters. The van der Waals surface area contributed by atoms with Crippen LogP contribution < -0.4 is 5.43 Å². The molecule has 1 aromatic heterocycles. The zero-order valence-electron chi connectivity index (χ0n) is 13.1. The molecule has 0 saturated heterocycles. The Morgan fingerprint density at radius 3 is 2.62 bits per heavy atom. The lowest BCUT2D eigenvalue weighted by atomic mass is 9.94. The van der Waals surface area contributed by atoms with Crippen LogP contribution in [0.25, 0.3) is 22.4 Å². The largest absolute Gasteiger partial charge is 0.508 e. The molecule has 120 valence electrons. The van der Waals surface area contributed by atoms with Gasteiger partial charge in [0.05, 0.1) is 16.7 Å². The van der Waals surface area contributed by atoms with Crippen LogP contribution in [0.2, 0.25) is 0 Å². The molecule has 3 N–H and O–H groups in total. The molecule has 0 aliphatic carbocycles. The summed E-state index contributed by atoms with van der Waals surface area (Å²) in [4.78, 5) is 19.3. The van der Waals surface area contributed by atoms with E-state index >= 15 is 0 Å². The minimum absolute atomic E-state index is 0.0523. The highest BCUT2D eigenvalue weighted by Crippen LogP contribution is 2.24. The molecule has 1 amide bonds. The maximum atomic E-state index is 11.4. The third kappa shape index (κ3) is 2.52. The number of carbonyl (C=O) groups is 1. The molecule has 6 heteroatoms. The smallest absolute Gasteiger partial charge is 0.240 e. The number of amides is 1. The molecule has 0 saturated carbocycles. The molecular weight excluding hydrogens is 304 g/mol. The number of nitrogens with one attached hydrogen (secondary N) is 2. The molecule has 6 nitrogen and oxygen atoms in total. The van der Waals surface area contributed by atoms with Crippen LogP contribution in [0.3, 0.4) is 0 Å². The summed E-state index contributed by atoms with van der Waals surface area (Å²) in [5.41, 5.74) is 7.05. The van der Waals surface area contributed by atoms with Gasteiger partial charge in [-0.2, -0.15) is 5.10 Å². The predicted octanol–water partition coefficient (Wildman–Crippen LogP) is 2.80. The number of hydrogen-bond donors (Lipinski definition) is 3. The van der Waals surface area contributed by atoms with Crippen molar-refractivity contribution < 1.29 is 9.90 Å². The van der Waals surface area contributed by atoms with Crippen LogP contribution in [0.4, 0.5) is 0 Å². The summed E-state index contributed by atoms with van der Waals surface area (Å²) in [7, 11) is 0. The number of aromatic nitrogens is 2. The van der Waals surface area contributed by atoms with Gasteiger partial charge in [0.25, 0.3) is 0 Å². The van der Waals surface area contributed by atoms with E-state index in [1.165, 1.54) is 0 Å². The summed E-state index contributed by atoms with van der Waals surface area (Å²) < 4.78 is 0. The molecule has 4 rings (SSSR count). The average Bonchev–Trinajstić information content (AvgIpc) is 2.98. The highest BCUT2D eigenvalue weighted by molar-refractivity contribution is 6.07. The Balaban J connectivity index is 1.74. The normalized spacial score (nSPS) is 17.6. The van der Waals surface area contributed by atoms with Gasteiger partial charge in [0.2, 0.25) is 5.91 Å². The highest BCUT2D eigenvalue weighted by Gasteiger charge is 2.22. The fourth-order valence-electron chi connectivity index (χ4n) is 2.93. The van der Waals surface area contributed by atoms with Crippen LogP contribution >= 0.6 is 0 Å². The van der Waals surface area contributed by atoms with Crippen molar-refractivity contribution in [2.24, 2.45) is 11.0 Å². The number of aromatic amines is 1. The number of benzene rings is 2. The fraction of sp³-hybridized carbons (Fsp3) is 0.167. The van der Waals surface area contributed by atoms with Crippen molar-refractivity contribution in [1.82, 2.24) is 15.4 Å². The monoisotopic (exact) mass is 320 g/mol. The molecule has 1 aliphatic rings. The maximum Gasteiger partial charge on any atom is 0.240 e. The van der Waals surface area contributed by atoms with Crippen molar-refractivity contribution >= 4 is 22.7 Å². The quantitative estimate of drug-likeness (QED) is 0.678. The first-order chi connectivity index (χ1) is 11.6. The van der Waals surface area contributed by atoms with E-state index in [2.05, 4.69) is 20.5 Å². The minimum atomic E-state index is -0.0523. The van der Waals surface area contributed by atoms with Gasteiger partial charge in [-0.15, -0.1) is 0 Å². The number of phenolic OH excluding ortho intramolecular Hbond substituents is 1. The van der Waals surface area contributed by atoms with E-state index in [4.69, 9.17) is 0 Å². The number of imidazole rings is 1. The van der Waals surface area contributed by atoms with Gasteiger partial charge < -0.3 is 10.1 Å². The Morgan fingerprint density at radius 1 is 1.12 bits per heavy atom. The number of nitrogens with zero attached hydrogens (tertiary/aromatic N) is 2. The number of rotatable bonds is 2. The number of aromatic hydroxyl groups is 1. The first kappa shape index (κ1) is 14.4. The van der Waals surface area contributed by atoms with Crippen LogP contribution in [0.1, 0.15) is 18.9 Å². The summed E-state index contributed by atoms with van der Waals surface area (Å²) >= 11 is 0. The van der Waals surface area contributed by atoms with E-state index in [0.717, 1.165) is 33.7 Å². The average molecular weight is 320 g/mol. The molecule has 0 bridgehead atoms. The van der Waals surface area contributed by atoms with Gasteiger partial charge in [-0.05, 0) is 36.4 Å². The van der Waals surface area contributed by atoms with E-state index in [0.29, 0.717) is 6.42 Å². The first-order valence-corrected chi connectivity index (χ1v) is 7.76. The van der Waals surface area contributed by atoms with Gasteiger partial charge in [-0.25, -0.2) is 10.4 Å². The lowest BCUT2D eigenvalue weighted by Crippen LogP contribution is -2.31. The topological polar surface area (TPSA) is 90.4 Å².